The molecule has 0 aromatic carbocycles. The highest BCUT2D eigenvalue weighted by molar-refractivity contribution is 6.34. The number of nitrogens with two attached hydrogens (primary N) is 1. The predicted octanol–water partition coefficient (Wildman–Crippen LogP) is 2.37. The minimum atomic E-state index is -0.216. The van der Waals surface area contributed by atoms with Gasteiger partial charge < -0.3 is 24.8 Å². The summed E-state index contributed by atoms with van der Waals surface area (Å²) in [7, 11) is 3.14. The second-order valence-corrected chi connectivity index (χ2v) is 7.76. The Morgan fingerprint density at radius 3 is 2.67 bits per heavy atom. The van der Waals surface area contributed by atoms with Crippen LogP contribution in [0.25, 0.3) is 0 Å². The molecule has 0 bridgehead atoms. The van der Waals surface area contributed by atoms with E-state index < -0.39 is 0 Å². The van der Waals surface area contributed by atoms with Gasteiger partial charge in [0.2, 0.25) is 5.95 Å². The van der Waals surface area contributed by atoms with Crippen LogP contribution in [0.5, 0.6) is 11.5 Å². The molecule has 1 unspecified atom stereocenters. The van der Waals surface area contributed by atoms with Crippen molar-refractivity contribution in [3.63, 3.8) is 0 Å². The van der Waals surface area contributed by atoms with Gasteiger partial charge in [-0.2, -0.15) is 4.98 Å². The van der Waals surface area contributed by atoms with Gasteiger partial charge in [0.25, 0.3) is 0 Å². The Bertz CT molecular complexity index is 951. The molecule has 2 aliphatic rings. The number of hydrogen-bond donors (Lipinski definition) is 1. The SMILES string of the molecule is COc1cnc(CN2CC(C3CCOCC3)C(=O)c3c(Cl)nc(N)nc32)cc1OC. The fraction of sp³-hybridized carbons (Fsp3) is 0.500. The smallest absolute Gasteiger partial charge is 0.223 e. The number of hydrogen-bond acceptors (Lipinski definition) is 9. The third-order valence-corrected chi connectivity index (χ3v) is 5.95. The van der Waals surface area contributed by atoms with Crippen LogP contribution in [-0.2, 0) is 11.3 Å². The topological polar surface area (TPSA) is 113 Å². The van der Waals surface area contributed by atoms with Crippen molar-refractivity contribution in [1.82, 2.24) is 15.0 Å². The molecule has 1 saturated heterocycles. The lowest BCUT2D eigenvalue weighted by Gasteiger charge is -2.38. The lowest BCUT2D eigenvalue weighted by molar-refractivity contribution is 0.0432. The third kappa shape index (κ3) is 3.87. The lowest BCUT2D eigenvalue weighted by atomic mass is 9.79. The van der Waals surface area contributed by atoms with Gasteiger partial charge in [-0.05, 0) is 18.8 Å². The molecule has 10 heteroatoms. The number of carbonyl (C=O) groups excluding carboxylic acids is 1. The Kier molecular flexibility index (Phi) is 5.92. The maximum atomic E-state index is 13.3. The molecular formula is C20H24ClN5O4. The van der Waals surface area contributed by atoms with Gasteiger partial charge in [0.15, 0.2) is 17.3 Å². The van der Waals surface area contributed by atoms with Crippen LogP contribution in [0, 0.1) is 11.8 Å². The van der Waals surface area contributed by atoms with Crippen LogP contribution in [0.15, 0.2) is 12.3 Å². The van der Waals surface area contributed by atoms with Crippen molar-refractivity contribution in [2.24, 2.45) is 11.8 Å². The second kappa shape index (κ2) is 8.61. The first-order chi connectivity index (χ1) is 14.5. The van der Waals surface area contributed by atoms with Crippen LogP contribution in [0.3, 0.4) is 0 Å². The van der Waals surface area contributed by atoms with E-state index in [1.165, 1.54) is 0 Å². The Labute approximate surface area is 179 Å². The summed E-state index contributed by atoms with van der Waals surface area (Å²) in [6.07, 6.45) is 3.28. The van der Waals surface area contributed by atoms with Crippen molar-refractivity contribution < 1.29 is 19.0 Å². The number of methoxy groups -OCH3 is 2. The molecule has 2 aromatic heterocycles. The summed E-state index contributed by atoms with van der Waals surface area (Å²) >= 11 is 6.35. The van der Waals surface area contributed by atoms with Crippen LogP contribution in [0.4, 0.5) is 11.8 Å². The molecule has 0 radical (unpaired) electrons. The molecule has 30 heavy (non-hydrogen) atoms. The van der Waals surface area contributed by atoms with E-state index in [1.54, 1.807) is 20.4 Å². The van der Waals surface area contributed by atoms with Crippen LogP contribution in [-0.4, -0.2) is 54.7 Å². The molecule has 0 saturated carbocycles. The van der Waals surface area contributed by atoms with E-state index in [4.69, 9.17) is 31.5 Å². The van der Waals surface area contributed by atoms with Gasteiger partial charge in [-0.3, -0.25) is 9.78 Å². The van der Waals surface area contributed by atoms with Crippen molar-refractivity contribution in [1.29, 1.82) is 0 Å². The summed E-state index contributed by atoms with van der Waals surface area (Å²) in [6.45, 7) is 2.22. The van der Waals surface area contributed by atoms with Gasteiger partial charge in [0, 0.05) is 31.7 Å². The number of nitrogen functional groups attached to an aromatic ring is 1. The fourth-order valence-electron chi connectivity index (χ4n) is 4.15. The van der Waals surface area contributed by atoms with Gasteiger partial charge in [0.05, 0.1) is 38.2 Å². The average Bonchev–Trinajstić information content (AvgIpc) is 2.75. The zero-order valence-corrected chi connectivity index (χ0v) is 17.7. The van der Waals surface area contributed by atoms with Gasteiger partial charge in [0.1, 0.15) is 11.0 Å². The van der Waals surface area contributed by atoms with Crippen LogP contribution >= 0.6 is 11.6 Å². The van der Waals surface area contributed by atoms with E-state index in [0.29, 0.717) is 49.2 Å². The molecule has 0 amide bonds. The van der Waals surface area contributed by atoms with Crippen LogP contribution in [0.1, 0.15) is 28.9 Å². The third-order valence-electron chi connectivity index (χ3n) is 5.68. The standard InChI is InChI=1S/C20H24ClN5O4/c1-28-14-7-12(23-8-15(14)29-2)9-26-10-13(11-3-5-30-6-4-11)17(27)16-18(21)24-20(22)25-19(16)26/h7-8,11,13H,3-6,9-10H2,1-2H3,(H2,22,24,25). The van der Waals surface area contributed by atoms with Crippen molar-refractivity contribution in [2.45, 2.75) is 19.4 Å². The highest BCUT2D eigenvalue weighted by atomic mass is 35.5. The highest BCUT2D eigenvalue weighted by Crippen LogP contribution is 2.39. The molecule has 1 fully saturated rings. The summed E-state index contributed by atoms with van der Waals surface area (Å²) in [4.78, 5) is 28.1. The summed E-state index contributed by atoms with van der Waals surface area (Å²) in [5.74, 6) is 1.57. The number of nitrogens with zero attached hydrogens (tertiary/aromatic N) is 4. The van der Waals surface area contributed by atoms with Crippen molar-refractivity contribution >= 4 is 29.2 Å². The number of ether oxygens (including phenoxy) is 3. The van der Waals surface area contributed by atoms with E-state index in [0.717, 1.165) is 18.5 Å². The van der Waals surface area contributed by atoms with Gasteiger partial charge in [-0.25, -0.2) is 4.98 Å². The first-order valence-corrected chi connectivity index (χ1v) is 10.2. The number of ketones is 1. The number of aromatic nitrogens is 3. The van der Waals surface area contributed by atoms with Gasteiger partial charge in [-0.1, -0.05) is 11.6 Å². The highest BCUT2D eigenvalue weighted by Gasteiger charge is 2.40. The van der Waals surface area contributed by atoms with Crippen molar-refractivity contribution in [3.8, 4) is 11.5 Å². The van der Waals surface area contributed by atoms with E-state index in [9.17, 15) is 4.79 Å². The first kappa shape index (κ1) is 20.6. The summed E-state index contributed by atoms with van der Waals surface area (Å²) in [6, 6.07) is 1.81. The molecule has 4 rings (SSSR count). The average molecular weight is 434 g/mol. The summed E-state index contributed by atoms with van der Waals surface area (Å²) in [5.41, 5.74) is 6.90. The number of halogens is 1. The van der Waals surface area contributed by atoms with Crippen molar-refractivity contribution in [3.05, 3.63) is 28.7 Å². The molecule has 2 N–H and O–H groups in total. The number of rotatable bonds is 5. The molecule has 0 spiro atoms. The molecule has 0 aliphatic carbocycles. The normalized spacial score (nSPS) is 19.5. The number of anilines is 2. The Balaban J connectivity index is 1.71. The lowest BCUT2D eigenvalue weighted by Crippen LogP contribution is -2.44. The predicted molar refractivity (Wildman–Crippen MR) is 111 cm³/mol. The molecule has 2 aliphatic heterocycles. The van der Waals surface area contributed by atoms with Crippen LogP contribution in [0.2, 0.25) is 5.15 Å². The second-order valence-electron chi connectivity index (χ2n) is 7.40. The van der Waals surface area contributed by atoms with Crippen LogP contribution < -0.4 is 20.1 Å². The summed E-state index contributed by atoms with van der Waals surface area (Å²) in [5, 5.41) is 0.0875. The Hall–Kier alpha value is -2.65. The zero-order chi connectivity index (χ0) is 21.3. The molecular weight excluding hydrogens is 410 g/mol. The molecule has 160 valence electrons. The largest absolute Gasteiger partial charge is 0.493 e. The van der Waals surface area contributed by atoms with Crippen molar-refractivity contribution in [2.75, 3.05) is 44.6 Å². The van der Waals surface area contributed by atoms with E-state index in [1.807, 2.05) is 11.0 Å². The molecule has 2 aromatic rings. The minimum absolute atomic E-state index is 0.0290. The molecule has 4 heterocycles. The number of Topliss-reactive ketones (excluding diaryl/α,β-unsaturated/α-hetero) is 1. The Morgan fingerprint density at radius 1 is 1.23 bits per heavy atom. The number of carbonyl (C=O) groups is 1. The monoisotopic (exact) mass is 433 g/mol. The number of pyridine rings is 1. The van der Waals surface area contributed by atoms with E-state index in [2.05, 4.69) is 15.0 Å². The first-order valence-electron chi connectivity index (χ1n) is 9.78. The quantitative estimate of drug-likeness (QED) is 0.709. The maximum Gasteiger partial charge on any atom is 0.223 e. The number of fused-ring (bicyclic) bond motifs is 1. The van der Waals surface area contributed by atoms with E-state index in [-0.39, 0.29) is 28.7 Å². The minimum Gasteiger partial charge on any atom is -0.493 e. The molecule has 1 atom stereocenters. The molecule has 9 nitrogen and oxygen atoms in total. The fourth-order valence-corrected chi connectivity index (χ4v) is 4.42. The summed E-state index contributed by atoms with van der Waals surface area (Å²) < 4.78 is 16.1. The van der Waals surface area contributed by atoms with Gasteiger partial charge >= 0.3 is 0 Å². The maximum absolute atomic E-state index is 13.3. The Morgan fingerprint density at radius 2 is 1.97 bits per heavy atom. The van der Waals surface area contributed by atoms with E-state index >= 15 is 0 Å². The zero-order valence-electron chi connectivity index (χ0n) is 16.9. The van der Waals surface area contributed by atoms with Gasteiger partial charge in [-0.15, -0.1) is 0 Å².